The van der Waals surface area contributed by atoms with Crippen molar-refractivity contribution in [3.63, 3.8) is 0 Å². The van der Waals surface area contributed by atoms with Gasteiger partial charge in [-0.05, 0) is 89.6 Å². The summed E-state index contributed by atoms with van der Waals surface area (Å²) in [4.78, 5) is 10.7. The molecule has 9 heteroatoms. The number of alkyl halides is 2. The number of nitriles is 1. The third-order valence-corrected chi connectivity index (χ3v) is 5.68. The first-order valence-corrected chi connectivity index (χ1v) is 13.8. The van der Waals surface area contributed by atoms with E-state index in [1.54, 1.807) is 6.08 Å². The molecule has 2 saturated carbocycles. The third-order valence-electron chi connectivity index (χ3n) is 5.68. The van der Waals surface area contributed by atoms with E-state index >= 15 is 0 Å². The van der Waals surface area contributed by atoms with Crippen LogP contribution in [0, 0.1) is 17.2 Å². The van der Waals surface area contributed by atoms with Gasteiger partial charge in [0, 0.05) is 30.9 Å². The Kier molecular flexibility index (Phi) is 33.1. The molecular weight excluding hydrogens is 509 g/mol. The number of aliphatic hydroxyl groups is 1. The van der Waals surface area contributed by atoms with Crippen LogP contribution in [0.2, 0.25) is 0 Å². The van der Waals surface area contributed by atoms with Crippen molar-refractivity contribution in [2.24, 2.45) is 23.1 Å². The zero-order valence-corrected chi connectivity index (χ0v) is 25.6. The molecule has 0 bridgehead atoms. The fourth-order valence-corrected chi connectivity index (χ4v) is 3.73. The number of fused-ring (bicyclic) bond motifs is 1. The number of nitrogens with zero attached hydrogens (tertiary/aromatic N) is 2. The van der Waals surface area contributed by atoms with Crippen LogP contribution in [0.15, 0.2) is 36.9 Å². The van der Waals surface area contributed by atoms with E-state index in [1.807, 2.05) is 33.0 Å². The number of primary amides is 1. The van der Waals surface area contributed by atoms with E-state index in [0.29, 0.717) is 17.5 Å². The van der Waals surface area contributed by atoms with Crippen LogP contribution in [-0.2, 0) is 10.2 Å². The molecule has 7 nitrogen and oxygen atoms in total. The number of allylic oxidation sites excluding steroid dienone is 1. The number of rotatable bonds is 4. The number of carbonyl (C=O) groups is 1. The Bertz CT molecular complexity index is 695. The Morgan fingerprint density at radius 2 is 1.84 bits per heavy atom. The van der Waals surface area contributed by atoms with E-state index in [0.717, 1.165) is 36.7 Å². The quantitative estimate of drug-likeness (QED) is 0.240. The van der Waals surface area contributed by atoms with Gasteiger partial charge in [0.15, 0.2) is 0 Å². The summed E-state index contributed by atoms with van der Waals surface area (Å²) in [6.07, 6.45) is 8.24. The van der Waals surface area contributed by atoms with E-state index < -0.39 is 0 Å². The first kappa shape index (κ1) is 42.4. The van der Waals surface area contributed by atoms with E-state index in [1.165, 1.54) is 31.8 Å². The van der Waals surface area contributed by atoms with Crippen molar-refractivity contribution in [3.05, 3.63) is 48.0 Å². The normalized spacial score (nSPS) is 19.6. The van der Waals surface area contributed by atoms with E-state index in [2.05, 4.69) is 66.6 Å². The fraction of sp³-hybridized carbons (Fsp3) is 0.643. The highest BCUT2D eigenvalue weighted by Gasteiger charge is 2.56. The van der Waals surface area contributed by atoms with Gasteiger partial charge in [0.05, 0.1) is 18.2 Å². The summed E-state index contributed by atoms with van der Waals surface area (Å²) in [5.74, 6) is 1.49. The largest absolute Gasteiger partial charge is 0.395 e. The molecule has 3 atom stereocenters. The number of hydrogen-bond donors (Lipinski definition) is 4. The molecule has 0 spiro atoms. The van der Waals surface area contributed by atoms with Gasteiger partial charge >= 0.3 is 0 Å². The van der Waals surface area contributed by atoms with Crippen molar-refractivity contribution in [2.45, 2.75) is 70.9 Å². The van der Waals surface area contributed by atoms with Crippen LogP contribution in [0.5, 0.6) is 0 Å². The second-order valence-electron chi connectivity index (χ2n) is 8.39. The molecule has 0 heterocycles. The molecule has 0 aromatic heterocycles. The lowest BCUT2D eigenvalue weighted by Crippen LogP contribution is -2.29. The second kappa shape index (κ2) is 28.9. The fourth-order valence-electron chi connectivity index (χ4n) is 3.73. The maximum Gasteiger partial charge on any atom is 0.204 e. The summed E-state index contributed by atoms with van der Waals surface area (Å²) in [5, 5.41) is 17.4. The van der Waals surface area contributed by atoms with E-state index in [4.69, 9.17) is 32.5 Å². The van der Waals surface area contributed by atoms with Crippen LogP contribution in [0.4, 0.5) is 0 Å². The molecular formula is C28H53Cl2N5O2. The molecule has 1 aromatic rings. The van der Waals surface area contributed by atoms with Gasteiger partial charge in [-0.25, -0.2) is 0 Å². The minimum atomic E-state index is 0.250. The van der Waals surface area contributed by atoms with Crippen molar-refractivity contribution in [2.75, 3.05) is 39.5 Å². The standard InChI is InChI=1S/C14H16N2.C6H15NO.C3H6.C2H5Cl.CH3Cl.CH3NO.CH5N/c15-9-10-2-1-3-11(6-10)14-5-4-13(16)7-12(14)8-14;1-6(2)7(3)4-5-8;1-3-2;1-2-3;1-2;2-1-3;1-2/h1-3,6,12-13H,4-5,7-8,16H2;6,8H,4-5H2,1-3H3;3H,1H2,2H3;2H2,1H3;1H3;1H,(H2,2,3);2H2,1H3. The first-order valence-electron chi connectivity index (χ1n) is 12.5. The number of benzene rings is 1. The van der Waals surface area contributed by atoms with Crippen LogP contribution in [-0.4, -0.2) is 68.0 Å². The maximum absolute atomic E-state index is 8.93. The molecule has 1 aromatic carbocycles. The second-order valence-corrected chi connectivity index (χ2v) is 8.93. The lowest BCUT2D eigenvalue weighted by molar-refractivity contribution is -0.106. The molecule has 0 radical (unpaired) electrons. The van der Waals surface area contributed by atoms with Crippen molar-refractivity contribution in [1.82, 2.24) is 4.90 Å². The molecule has 216 valence electrons. The van der Waals surface area contributed by atoms with Crippen molar-refractivity contribution in [1.29, 1.82) is 5.26 Å². The minimum absolute atomic E-state index is 0.250. The Balaban J connectivity index is -0.000000220. The van der Waals surface area contributed by atoms with Crippen molar-refractivity contribution < 1.29 is 9.90 Å². The Labute approximate surface area is 237 Å². The number of nitrogens with two attached hydrogens (primary N) is 3. The molecule has 2 aliphatic carbocycles. The van der Waals surface area contributed by atoms with Gasteiger partial charge in [-0.3, -0.25) is 4.79 Å². The Morgan fingerprint density at radius 1 is 1.35 bits per heavy atom. The molecule has 7 N–H and O–H groups in total. The topological polar surface area (TPSA) is 142 Å². The molecule has 0 aliphatic heterocycles. The zero-order valence-electron chi connectivity index (χ0n) is 24.1. The van der Waals surface area contributed by atoms with Gasteiger partial charge in [0.1, 0.15) is 0 Å². The molecule has 2 aliphatic rings. The van der Waals surface area contributed by atoms with Crippen LogP contribution < -0.4 is 17.2 Å². The van der Waals surface area contributed by atoms with Gasteiger partial charge in [0.25, 0.3) is 0 Å². The lowest BCUT2D eigenvalue weighted by Gasteiger charge is -2.26. The Hall–Kier alpha value is -1.66. The minimum Gasteiger partial charge on any atom is -0.395 e. The Morgan fingerprint density at radius 3 is 2.19 bits per heavy atom. The summed E-state index contributed by atoms with van der Waals surface area (Å²) < 4.78 is 0. The van der Waals surface area contributed by atoms with Gasteiger partial charge in [-0.2, -0.15) is 5.26 Å². The monoisotopic (exact) mass is 561 g/mol. The number of likely N-dealkylation sites (N-methyl/N-ethyl adjacent to an activating group) is 1. The van der Waals surface area contributed by atoms with Crippen molar-refractivity contribution >= 4 is 29.6 Å². The summed E-state index contributed by atoms with van der Waals surface area (Å²) in [6.45, 7) is 12.4. The average molecular weight is 563 g/mol. The van der Waals surface area contributed by atoms with Crippen LogP contribution in [0.3, 0.4) is 0 Å². The SMILES string of the molecule is C=CC.CC(C)N(C)CCO.CCCl.CCl.CN.N#Cc1cccc(C23CCC(N)CC2C3)c1.NC=O. The zero-order chi connectivity index (χ0) is 29.9. The van der Waals surface area contributed by atoms with Gasteiger partial charge in [-0.15, -0.1) is 29.8 Å². The number of aliphatic hydroxyl groups excluding tert-OH is 1. The van der Waals surface area contributed by atoms with Crippen molar-refractivity contribution in [3.8, 4) is 6.07 Å². The van der Waals surface area contributed by atoms with E-state index in [-0.39, 0.29) is 13.0 Å². The average Bonchev–Trinajstić information content (AvgIpc) is 3.63. The predicted molar refractivity (Wildman–Crippen MR) is 162 cm³/mol. The summed E-state index contributed by atoms with van der Waals surface area (Å²) >= 11 is 9.64. The van der Waals surface area contributed by atoms with Gasteiger partial charge in [0.2, 0.25) is 6.41 Å². The predicted octanol–water partition coefficient (Wildman–Crippen LogP) is 4.61. The first-order chi connectivity index (χ1) is 17.7. The van der Waals surface area contributed by atoms with Crippen LogP contribution in [0.1, 0.15) is 64.5 Å². The molecule has 37 heavy (non-hydrogen) atoms. The highest BCUT2D eigenvalue weighted by molar-refractivity contribution is 6.17. The molecule has 0 saturated heterocycles. The maximum atomic E-state index is 8.93. The summed E-state index contributed by atoms with van der Waals surface area (Å²) in [5.41, 5.74) is 17.2. The smallest absolute Gasteiger partial charge is 0.204 e. The highest BCUT2D eigenvalue weighted by atomic mass is 35.5. The summed E-state index contributed by atoms with van der Waals surface area (Å²) in [6, 6.07) is 11.3. The van der Waals surface area contributed by atoms with Crippen LogP contribution >= 0.6 is 23.2 Å². The molecule has 1 amide bonds. The lowest BCUT2D eigenvalue weighted by atomic mass is 9.80. The van der Waals surface area contributed by atoms with Gasteiger partial charge < -0.3 is 27.2 Å². The molecule has 2 fully saturated rings. The third kappa shape index (κ3) is 20.0. The highest BCUT2D eigenvalue weighted by Crippen LogP contribution is 2.62. The number of hydrogen-bond acceptors (Lipinski definition) is 6. The molecule has 3 unspecified atom stereocenters. The van der Waals surface area contributed by atoms with Crippen LogP contribution in [0.25, 0.3) is 0 Å². The van der Waals surface area contributed by atoms with E-state index in [9.17, 15) is 0 Å². The summed E-state index contributed by atoms with van der Waals surface area (Å²) in [7, 11) is 3.50. The number of amides is 1. The number of halogens is 2. The molecule has 3 rings (SSSR count). The van der Waals surface area contributed by atoms with Gasteiger partial charge in [-0.1, -0.05) is 25.1 Å². The number of carbonyl (C=O) groups excluding carboxylic acids is 1.